The van der Waals surface area contributed by atoms with E-state index in [0.29, 0.717) is 0 Å². The van der Waals surface area contributed by atoms with Crippen molar-refractivity contribution in [2.45, 2.75) is 24.3 Å². The van der Waals surface area contributed by atoms with Crippen LogP contribution in [0, 0.1) is 5.82 Å². The van der Waals surface area contributed by atoms with E-state index in [0.717, 1.165) is 18.2 Å². The van der Waals surface area contributed by atoms with Crippen LogP contribution in [0.3, 0.4) is 0 Å². The Labute approximate surface area is 104 Å². The van der Waals surface area contributed by atoms with Gasteiger partial charge in [0.25, 0.3) is 0 Å². The topological polar surface area (TPSA) is 115 Å². The van der Waals surface area contributed by atoms with Crippen LogP contribution in [0.2, 0.25) is 0 Å². The molecule has 5 N–H and O–H groups in total. The molecule has 1 rings (SSSR count). The number of carbonyl (C=O) groups excluding carboxylic acids is 1. The summed E-state index contributed by atoms with van der Waals surface area (Å²) < 4.78 is 39.0. The highest BCUT2D eigenvalue weighted by Gasteiger charge is 2.31. The molecule has 100 valence electrons. The smallest absolute Gasteiger partial charge is 0.241 e. The zero-order chi connectivity index (χ0) is 14.1. The molecule has 0 bridgehead atoms. The van der Waals surface area contributed by atoms with E-state index in [-0.39, 0.29) is 10.6 Å². The summed E-state index contributed by atoms with van der Waals surface area (Å²) in [6, 6.07) is 2.87. The third-order valence-corrected chi connectivity index (χ3v) is 3.84. The summed E-state index contributed by atoms with van der Waals surface area (Å²) in [7, 11) is -4.08. The van der Waals surface area contributed by atoms with Gasteiger partial charge in [0, 0.05) is 5.69 Å². The van der Waals surface area contributed by atoms with E-state index in [4.69, 9.17) is 11.5 Å². The van der Waals surface area contributed by atoms with Crippen LogP contribution in [-0.4, -0.2) is 19.9 Å². The molecule has 0 heterocycles. The fraction of sp³-hybridized carbons (Fsp3) is 0.300. The number of carbonyl (C=O) groups is 1. The highest BCUT2D eigenvalue weighted by Crippen LogP contribution is 2.17. The van der Waals surface area contributed by atoms with Crippen LogP contribution < -0.4 is 16.2 Å². The van der Waals surface area contributed by atoms with Gasteiger partial charge < -0.3 is 11.5 Å². The van der Waals surface area contributed by atoms with Crippen molar-refractivity contribution in [3.05, 3.63) is 24.0 Å². The Hall–Kier alpha value is -1.67. The van der Waals surface area contributed by atoms with Gasteiger partial charge in [0.05, 0.1) is 4.90 Å². The van der Waals surface area contributed by atoms with Crippen molar-refractivity contribution in [1.82, 2.24) is 4.72 Å². The molecule has 1 aromatic carbocycles. The van der Waals surface area contributed by atoms with Gasteiger partial charge in [-0.2, -0.15) is 4.72 Å². The Bertz CT molecular complexity index is 564. The van der Waals surface area contributed by atoms with Gasteiger partial charge in [0.2, 0.25) is 15.9 Å². The summed E-state index contributed by atoms with van der Waals surface area (Å²) >= 11 is 0. The van der Waals surface area contributed by atoms with Crippen molar-refractivity contribution in [3.63, 3.8) is 0 Å². The zero-order valence-electron chi connectivity index (χ0n) is 9.90. The standard InChI is InChI=1S/C10H14FN3O3S/c1-10(2,9(13)15)14-18(16,17)8-4-6(11)3-7(12)5-8/h3-5,14H,12H2,1-2H3,(H2,13,15). The molecule has 0 spiro atoms. The van der Waals surface area contributed by atoms with Crippen LogP contribution in [0.15, 0.2) is 23.1 Å². The van der Waals surface area contributed by atoms with Crippen molar-refractivity contribution in [2.75, 3.05) is 5.73 Å². The number of amides is 1. The molecule has 0 fully saturated rings. The Morgan fingerprint density at radius 3 is 2.33 bits per heavy atom. The molecule has 1 aromatic rings. The van der Waals surface area contributed by atoms with Crippen molar-refractivity contribution in [3.8, 4) is 0 Å². The Morgan fingerprint density at radius 1 is 1.33 bits per heavy atom. The van der Waals surface area contributed by atoms with Crippen molar-refractivity contribution in [1.29, 1.82) is 0 Å². The van der Waals surface area contributed by atoms with Gasteiger partial charge in [-0.25, -0.2) is 12.8 Å². The van der Waals surface area contributed by atoms with Crippen LogP contribution >= 0.6 is 0 Å². The second-order valence-corrected chi connectivity index (χ2v) is 6.00. The lowest BCUT2D eigenvalue weighted by molar-refractivity contribution is -0.122. The molecular weight excluding hydrogens is 261 g/mol. The first-order valence-corrected chi connectivity index (χ1v) is 6.43. The van der Waals surface area contributed by atoms with Gasteiger partial charge in [-0.15, -0.1) is 0 Å². The first kappa shape index (κ1) is 14.4. The van der Waals surface area contributed by atoms with Gasteiger partial charge in [-0.3, -0.25) is 4.79 Å². The van der Waals surface area contributed by atoms with Gasteiger partial charge in [-0.05, 0) is 32.0 Å². The minimum atomic E-state index is -4.08. The average Bonchev–Trinajstić information content (AvgIpc) is 2.13. The molecule has 0 aliphatic carbocycles. The molecule has 0 aliphatic heterocycles. The molecule has 0 aromatic heterocycles. The quantitative estimate of drug-likeness (QED) is 0.668. The van der Waals surface area contributed by atoms with E-state index >= 15 is 0 Å². The fourth-order valence-corrected chi connectivity index (χ4v) is 2.63. The predicted octanol–water partition coefficient (Wildman–Crippen LogP) is -0.0499. The number of hydrogen-bond acceptors (Lipinski definition) is 4. The van der Waals surface area contributed by atoms with Gasteiger partial charge in [-0.1, -0.05) is 0 Å². The molecule has 1 amide bonds. The lowest BCUT2D eigenvalue weighted by Crippen LogP contribution is -2.52. The number of nitrogens with two attached hydrogens (primary N) is 2. The van der Waals surface area contributed by atoms with Crippen molar-refractivity contribution in [2.24, 2.45) is 5.73 Å². The lowest BCUT2D eigenvalue weighted by Gasteiger charge is -2.22. The van der Waals surface area contributed by atoms with Crippen LogP contribution in [0.4, 0.5) is 10.1 Å². The number of rotatable bonds is 4. The summed E-state index contributed by atoms with van der Waals surface area (Å²) in [4.78, 5) is 10.7. The molecule has 0 unspecified atom stereocenters. The van der Waals surface area contributed by atoms with E-state index in [1.807, 2.05) is 0 Å². The summed E-state index contributed by atoms with van der Waals surface area (Å²) in [5, 5.41) is 0. The van der Waals surface area contributed by atoms with Crippen LogP contribution in [-0.2, 0) is 14.8 Å². The first-order chi connectivity index (χ1) is 8.04. The maximum atomic E-state index is 13.1. The van der Waals surface area contributed by atoms with Crippen molar-refractivity contribution < 1.29 is 17.6 Å². The second-order valence-electron chi connectivity index (χ2n) is 4.32. The third kappa shape index (κ3) is 3.17. The zero-order valence-corrected chi connectivity index (χ0v) is 10.7. The number of sulfonamides is 1. The molecule has 0 radical (unpaired) electrons. The molecule has 18 heavy (non-hydrogen) atoms. The molecule has 0 saturated heterocycles. The average molecular weight is 275 g/mol. The maximum absolute atomic E-state index is 13.1. The Balaban J connectivity index is 3.19. The van der Waals surface area contributed by atoms with Crippen LogP contribution in [0.5, 0.6) is 0 Å². The van der Waals surface area contributed by atoms with Crippen molar-refractivity contribution >= 4 is 21.6 Å². The highest BCUT2D eigenvalue weighted by atomic mass is 32.2. The molecule has 0 saturated carbocycles. The number of anilines is 1. The van der Waals surface area contributed by atoms with E-state index in [2.05, 4.69) is 4.72 Å². The molecule has 8 heteroatoms. The third-order valence-electron chi connectivity index (χ3n) is 2.21. The minimum Gasteiger partial charge on any atom is -0.399 e. The van der Waals surface area contributed by atoms with Crippen LogP contribution in [0.1, 0.15) is 13.8 Å². The second kappa shape index (κ2) is 4.54. The highest BCUT2D eigenvalue weighted by molar-refractivity contribution is 7.89. The largest absolute Gasteiger partial charge is 0.399 e. The number of primary amides is 1. The molecule has 0 aliphatic rings. The number of nitrogens with one attached hydrogen (secondary N) is 1. The number of benzene rings is 1. The fourth-order valence-electron chi connectivity index (χ4n) is 1.18. The summed E-state index contributed by atoms with van der Waals surface area (Å²) in [6.45, 7) is 2.60. The van der Waals surface area contributed by atoms with Crippen LogP contribution in [0.25, 0.3) is 0 Å². The maximum Gasteiger partial charge on any atom is 0.241 e. The van der Waals surface area contributed by atoms with E-state index in [9.17, 15) is 17.6 Å². The first-order valence-electron chi connectivity index (χ1n) is 4.94. The van der Waals surface area contributed by atoms with Gasteiger partial charge in [0.15, 0.2) is 0 Å². The number of nitrogen functional groups attached to an aromatic ring is 1. The minimum absolute atomic E-state index is 0.0349. The molecule has 6 nitrogen and oxygen atoms in total. The number of halogens is 1. The summed E-state index contributed by atoms with van der Waals surface area (Å²) in [5.41, 5.74) is 8.89. The monoisotopic (exact) mass is 275 g/mol. The normalized spacial score (nSPS) is 12.4. The van der Waals surface area contributed by atoms with E-state index in [1.54, 1.807) is 0 Å². The molecular formula is C10H14FN3O3S. The van der Waals surface area contributed by atoms with Gasteiger partial charge >= 0.3 is 0 Å². The van der Waals surface area contributed by atoms with Gasteiger partial charge in [0.1, 0.15) is 11.4 Å². The van der Waals surface area contributed by atoms with E-state index in [1.165, 1.54) is 13.8 Å². The number of hydrogen-bond donors (Lipinski definition) is 3. The Kier molecular flexibility index (Phi) is 3.63. The Morgan fingerprint density at radius 2 is 1.89 bits per heavy atom. The summed E-state index contributed by atoms with van der Waals surface area (Å²) in [6.07, 6.45) is 0. The SMILES string of the molecule is CC(C)(NS(=O)(=O)c1cc(N)cc(F)c1)C(N)=O. The predicted molar refractivity (Wildman–Crippen MR) is 64.4 cm³/mol. The lowest BCUT2D eigenvalue weighted by atomic mass is 10.1. The molecule has 0 atom stereocenters. The van der Waals surface area contributed by atoms with E-state index < -0.39 is 27.3 Å². The summed E-state index contributed by atoms with van der Waals surface area (Å²) in [5.74, 6) is -1.64.